The Kier molecular flexibility index (Phi) is 4.51. The lowest BCUT2D eigenvalue weighted by molar-refractivity contribution is -0.121. The first-order chi connectivity index (χ1) is 7.59. The minimum atomic E-state index is -0.178. The third-order valence-corrected chi connectivity index (χ3v) is 2.13. The summed E-state index contributed by atoms with van der Waals surface area (Å²) in [4.78, 5) is 21.9. The molecule has 0 aliphatic rings. The van der Waals surface area contributed by atoms with Crippen molar-refractivity contribution < 1.29 is 9.59 Å². The maximum Gasteiger partial charge on any atom is 0.217 e. The minimum Gasteiger partial charge on any atom is -0.354 e. The topological polar surface area (TPSA) is 58.2 Å². The largest absolute Gasteiger partial charge is 0.354 e. The zero-order valence-electron chi connectivity index (χ0n) is 9.49. The van der Waals surface area contributed by atoms with Gasteiger partial charge in [0, 0.05) is 20.4 Å². The zero-order chi connectivity index (χ0) is 12.0. The highest BCUT2D eigenvalue weighted by Crippen LogP contribution is 2.11. The third-order valence-electron chi connectivity index (χ3n) is 2.13. The van der Waals surface area contributed by atoms with Crippen LogP contribution in [0, 0.1) is 0 Å². The molecule has 1 aromatic carbocycles. The van der Waals surface area contributed by atoms with Crippen LogP contribution in [0.4, 0.5) is 0 Å². The van der Waals surface area contributed by atoms with Crippen LogP contribution in [-0.2, 0) is 9.59 Å². The van der Waals surface area contributed by atoms with E-state index < -0.39 is 0 Å². The lowest BCUT2D eigenvalue weighted by atomic mass is 10.1. The Labute approximate surface area is 95.0 Å². The normalized spacial score (nSPS) is 11.6. The summed E-state index contributed by atoms with van der Waals surface area (Å²) in [5.74, 6) is -0.217. The van der Waals surface area contributed by atoms with E-state index in [9.17, 15) is 9.59 Å². The van der Waals surface area contributed by atoms with Crippen LogP contribution < -0.4 is 10.6 Å². The van der Waals surface area contributed by atoms with Crippen LogP contribution in [0.2, 0.25) is 0 Å². The summed E-state index contributed by atoms with van der Waals surface area (Å²) in [6, 6.07) is 9.37. The molecule has 4 nitrogen and oxygen atoms in total. The Balaban J connectivity index is 2.71. The molecule has 0 aliphatic heterocycles. The summed E-state index contributed by atoms with van der Waals surface area (Å²) in [5, 5.41) is 5.49. The van der Waals surface area contributed by atoms with E-state index in [1.54, 1.807) is 0 Å². The number of carbonyl (C=O) groups excluding carboxylic acids is 2. The van der Waals surface area contributed by atoms with Gasteiger partial charge in [-0.15, -0.1) is 0 Å². The Morgan fingerprint density at radius 1 is 1.12 bits per heavy atom. The summed E-state index contributed by atoms with van der Waals surface area (Å²) in [7, 11) is 0. The van der Waals surface area contributed by atoms with Crippen molar-refractivity contribution in [3.05, 3.63) is 35.9 Å². The molecule has 0 aromatic heterocycles. The van der Waals surface area contributed by atoms with E-state index in [1.807, 2.05) is 30.3 Å². The summed E-state index contributed by atoms with van der Waals surface area (Å²) < 4.78 is 0. The molecule has 0 unspecified atom stereocenters. The number of rotatable bonds is 4. The van der Waals surface area contributed by atoms with Crippen LogP contribution in [0.25, 0.3) is 0 Å². The average molecular weight is 220 g/mol. The fourth-order valence-electron chi connectivity index (χ4n) is 1.43. The molecule has 0 heterocycles. The van der Waals surface area contributed by atoms with E-state index in [2.05, 4.69) is 10.6 Å². The molecule has 0 fully saturated rings. The molecular weight excluding hydrogens is 204 g/mol. The second kappa shape index (κ2) is 5.90. The highest BCUT2D eigenvalue weighted by Gasteiger charge is 2.12. The maximum absolute atomic E-state index is 11.0. The Morgan fingerprint density at radius 3 is 2.25 bits per heavy atom. The van der Waals surface area contributed by atoms with Crippen LogP contribution in [0.5, 0.6) is 0 Å². The average Bonchev–Trinajstić information content (AvgIpc) is 2.25. The zero-order valence-corrected chi connectivity index (χ0v) is 9.49. The first-order valence-electron chi connectivity index (χ1n) is 5.16. The highest BCUT2D eigenvalue weighted by atomic mass is 16.2. The quantitative estimate of drug-likeness (QED) is 0.795. The maximum atomic E-state index is 11.0. The van der Waals surface area contributed by atoms with Crippen molar-refractivity contribution in [1.29, 1.82) is 0 Å². The molecule has 1 rings (SSSR count). The van der Waals surface area contributed by atoms with Crippen LogP contribution in [0.15, 0.2) is 30.3 Å². The molecular formula is C12H16N2O2. The van der Waals surface area contributed by atoms with Gasteiger partial charge < -0.3 is 10.6 Å². The number of amides is 2. The second-order valence-corrected chi connectivity index (χ2v) is 3.60. The van der Waals surface area contributed by atoms with Gasteiger partial charge in [-0.2, -0.15) is 0 Å². The standard InChI is InChI=1S/C12H16N2O2/c1-9(15)13-8-12(14-10(2)16)11-6-4-3-5-7-11/h3-7,12H,8H2,1-2H3,(H,13,15)(H,14,16)/t12-/m1/s1. The summed E-state index contributed by atoms with van der Waals surface area (Å²) in [6.07, 6.45) is 0. The van der Waals surface area contributed by atoms with Gasteiger partial charge in [0.05, 0.1) is 6.04 Å². The molecule has 2 amide bonds. The van der Waals surface area contributed by atoms with E-state index in [4.69, 9.17) is 0 Å². The second-order valence-electron chi connectivity index (χ2n) is 3.60. The van der Waals surface area contributed by atoms with Gasteiger partial charge in [0.2, 0.25) is 11.8 Å². The molecule has 86 valence electrons. The van der Waals surface area contributed by atoms with Gasteiger partial charge >= 0.3 is 0 Å². The van der Waals surface area contributed by atoms with Crippen LogP contribution >= 0.6 is 0 Å². The molecule has 0 bridgehead atoms. The molecule has 0 aliphatic carbocycles. The SMILES string of the molecule is CC(=O)NC[C@@H](NC(C)=O)c1ccccc1. The third kappa shape index (κ3) is 4.13. The van der Waals surface area contributed by atoms with Gasteiger partial charge in [-0.1, -0.05) is 30.3 Å². The first-order valence-corrected chi connectivity index (χ1v) is 5.16. The van der Waals surface area contributed by atoms with Crippen molar-refractivity contribution >= 4 is 11.8 Å². The lowest BCUT2D eigenvalue weighted by Crippen LogP contribution is -2.36. The van der Waals surface area contributed by atoms with E-state index in [0.717, 1.165) is 5.56 Å². The van der Waals surface area contributed by atoms with Crippen molar-refractivity contribution in [1.82, 2.24) is 10.6 Å². The predicted octanol–water partition coefficient (Wildman–Crippen LogP) is 1.000. The molecule has 0 spiro atoms. The Hall–Kier alpha value is -1.84. The van der Waals surface area contributed by atoms with E-state index in [0.29, 0.717) is 6.54 Å². The fraction of sp³-hybridized carbons (Fsp3) is 0.333. The van der Waals surface area contributed by atoms with Gasteiger partial charge in [0.15, 0.2) is 0 Å². The van der Waals surface area contributed by atoms with Gasteiger partial charge in [-0.05, 0) is 5.56 Å². The molecule has 4 heteroatoms. The molecule has 2 N–H and O–H groups in total. The molecule has 1 atom stereocenters. The number of benzene rings is 1. The van der Waals surface area contributed by atoms with Crippen LogP contribution in [0.3, 0.4) is 0 Å². The number of nitrogens with one attached hydrogen (secondary N) is 2. The summed E-state index contributed by atoms with van der Waals surface area (Å²) in [6.45, 7) is 3.32. The smallest absolute Gasteiger partial charge is 0.217 e. The van der Waals surface area contributed by atoms with Crippen molar-refractivity contribution in [2.45, 2.75) is 19.9 Å². The predicted molar refractivity (Wildman–Crippen MR) is 61.7 cm³/mol. The van der Waals surface area contributed by atoms with Crippen LogP contribution in [0.1, 0.15) is 25.5 Å². The first kappa shape index (κ1) is 12.2. The molecule has 0 radical (unpaired) electrons. The van der Waals surface area contributed by atoms with E-state index in [-0.39, 0.29) is 17.9 Å². The highest BCUT2D eigenvalue weighted by molar-refractivity contribution is 5.74. The van der Waals surface area contributed by atoms with Crippen molar-refractivity contribution in [3.8, 4) is 0 Å². The summed E-state index contributed by atoms with van der Waals surface area (Å²) >= 11 is 0. The molecule has 0 saturated carbocycles. The Bertz CT molecular complexity index is 363. The van der Waals surface area contributed by atoms with Gasteiger partial charge in [-0.3, -0.25) is 9.59 Å². The number of hydrogen-bond donors (Lipinski definition) is 2. The van der Waals surface area contributed by atoms with Crippen molar-refractivity contribution in [2.24, 2.45) is 0 Å². The summed E-state index contributed by atoms with van der Waals surface area (Å²) in [5.41, 5.74) is 0.978. The van der Waals surface area contributed by atoms with Crippen molar-refractivity contribution in [2.75, 3.05) is 6.54 Å². The van der Waals surface area contributed by atoms with Gasteiger partial charge in [0.25, 0.3) is 0 Å². The van der Waals surface area contributed by atoms with Gasteiger partial charge in [0.1, 0.15) is 0 Å². The number of hydrogen-bond acceptors (Lipinski definition) is 2. The van der Waals surface area contributed by atoms with E-state index >= 15 is 0 Å². The molecule has 0 saturated heterocycles. The molecule has 16 heavy (non-hydrogen) atoms. The Morgan fingerprint density at radius 2 is 1.75 bits per heavy atom. The lowest BCUT2D eigenvalue weighted by Gasteiger charge is -2.18. The van der Waals surface area contributed by atoms with Crippen molar-refractivity contribution in [3.63, 3.8) is 0 Å². The minimum absolute atomic E-state index is 0.105. The van der Waals surface area contributed by atoms with Crippen LogP contribution in [-0.4, -0.2) is 18.4 Å². The monoisotopic (exact) mass is 220 g/mol. The van der Waals surface area contributed by atoms with E-state index in [1.165, 1.54) is 13.8 Å². The number of carbonyl (C=O) groups is 2. The van der Waals surface area contributed by atoms with Gasteiger partial charge in [-0.25, -0.2) is 0 Å². The fourth-order valence-corrected chi connectivity index (χ4v) is 1.43. The molecule has 1 aromatic rings.